The summed E-state index contributed by atoms with van der Waals surface area (Å²) in [6, 6.07) is 5.94. The van der Waals surface area contributed by atoms with E-state index in [1.807, 2.05) is 32.0 Å². The van der Waals surface area contributed by atoms with Gasteiger partial charge in [0.25, 0.3) is 0 Å². The lowest BCUT2D eigenvalue weighted by atomic mass is 10.1. The fourth-order valence-corrected chi connectivity index (χ4v) is 2.78. The number of amides is 1. The molecule has 1 aromatic rings. The second kappa shape index (κ2) is 5.28. The normalized spacial score (nSPS) is 21.7. The van der Waals surface area contributed by atoms with E-state index >= 15 is 0 Å². The Bertz CT molecular complexity index is 462. The van der Waals surface area contributed by atoms with E-state index in [9.17, 15) is 4.79 Å². The van der Waals surface area contributed by atoms with E-state index in [0.717, 1.165) is 22.3 Å². The standard InChI is InChI=1S/C13H18BrN3O/c1-8(15)10-3-4-12(11(14)7-10)17-6-5-16-13(18)9(17)2/h3-4,7-9H,5-6,15H2,1-2H3,(H,16,18). The van der Waals surface area contributed by atoms with Gasteiger partial charge in [-0.15, -0.1) is 0 Å². The lowest BCUT2D eigenvalue weighted by Gasteiger charge is -2.35. The van der Waals surface area contributed by atoms with Crippen LogP contribution in [0.5, 0.6) is 0 Å². The van der Waals surface area contributed by atoms with Gasteiger partial charge in [-0.2, -0.15) is 0 Å². The topological polar surface area (TPSA) is 58.4 Å². The van der Waals surface area contributed by atoms with Crippen molar-refractivity contribution in [2.45, 2.75) is 25.9 Å². The highest BCUT2D eigenvalue weighted by atomic mass is 79.9. The number of nitrogens with zero attached hydrogens (tertiary/aromatic N) is 1. The van der Waals surface area contributed by atoms with Crippen molar-refractivity contribution in [3.63, 3.8) is 0 Å². The number of nitrogens with one attached hydrogen (secondary N) is 1. The highest BCUT2D eigenvalue weighted by molar-refractivity contribution is 9.10. The molecule has 18 heavy (non-hydrogen) atoms. The number of nitrogens with two attached hydrogens (primary N) is 1. The van der Waals surface area contributed by atoms with E-state index in [-0.39, 0.29) is 18.0 Å². The van der Waals surface area contributed by atoms with Gasteiger partial charge in [0.1, 0.15) is 6.04 Å². The van der Waals surface area contributed by atoms with Crippen LogP contribution < -0.4 is 16.0 Å². The number of benzene rings is 1. The minimum atomic E-state index is -0.142. The summed E-state index contributed by atoms with van der Waals surface area (Å²) >= 11 is 3.57. The number of halogens is 1. The summed E-state index contributed by atoms with van der Waals surface area (Å²) in [4.78, 5) is 13.8. The number of anilines is 1. The Kier molecular flexibility index (Phi) is 3.92. The fraction of sp³-hybridized carbons (Fsp3) is 0.462. The molecule has 0 saturated carbocycles. The molecule has 1 aliphatic rings. The summed E-state index contributed by atoms with van der Waals surface area (Å²) in [5.41, 5.74) is 7.99. The van der Waals surface area contributed by atoms with Gasteiger partial charge in [-0.1, -0.05) is 6.07 Å². The highest BCUT2D eigenvalue weighted by Gasteiger charge is 2.26. The van der Waals surface area contributed by atoms with Crippen LogP contribution in [0.4, 0.5) is 5.69 Å². The number of rotatable bonds is 2. The van der Waals surface area contributed by atoms with E-state index in [0.29, 0.717) is 6.54 Å². The molecule has 5 heteroatoms. The molecule has 1 aromatic carbocycles. The average molecular weight is 312 g/mol. The Hall–Kier alpha value is -1.07. The van der Waals surface area contributed by atoms with Gasteiger partial charge in [0.15, 0.2) is 0 Å². The minimum absolute atomic E-state index is 0.0115. The summed E-state index contributed by atoms with van der Waals surface area (Å²) in [7, 11) is 0. The maximum atomic E-state index is 11.7. The first kappa shape index (κ1) is 13.4. The van der Waals surface area contributed by atoms with Gasteiger partial charge in [-0.05, 0) is 47.5 Å². The van der Waals surface area contributed by atoms with E-state index in [4.69, 9.17) is 5.73 Å². The molecule has 1 amide bonds. The van der Waals surface area contributed by atoms with Crippen molar-refractivity contribution in [1.29, 1.82) is 0 Å². The fourth-order valence-electron chi connectivity index (χ4n) is 2.15. The van der Waals surface area contributed by atoms with Crippen LogP contribution in [0.1, 0.15) is 25.5 Å². The molecule has 0 spiro atoms. The number of hydrogen-bond donors (Lipinski definition) is 2. The molecule has 2 atom stereocenters. The summed E-state index contributed by atoms with van der Waals surface area (Å²) in [5, 5.41) is 2.86. The Morgan fingerprint density at radius 2 is 2.28 bits per heavy atom. The summed E-state index contributed by atoms with van der Waals surface area (Å²) in [6.07, 6.45) is 0. The van der Waals surface area contributed by atoms with Crippen molar-refractivity contribution < 1.29 is 4.79 Å². The second-order valence-electron chi connectivity index (χ2n) is 4.66. The molecule has 0 radical (unpaired) electrons. The molecule has 0 bridgehead atoms. The van der Waals surface area contributed by atoms with Crippen molar-refractivity contribution in [1.82, 2.24) is 5.32 Å². The molecule has 1 saturated heterocycles. The first-order valence-electron chi connectivity index (χ1n) is 6.10. The molecule has 1 heterocycles. The third kappa shape index (κ3) is 2.52. The zero-order valence-electron chi connectivity index (χ0n) is 10.6. The maximum absolute atomic E-state index is 11.7. The van der Waals surface area contributed by atoms with Crippen molar-refractivity contribution in [3.05, 3.63) is 28.2 Å². The maximum Gasteiger partial charge on any atom is 0.242 e. The molecule has 98 valence electrons. The monoisotopic (exact) mass is 311 g/mol. The Balaban J connectivity index is 2.30. The summed E-state index contributed by atoms with van der Waals surface area (Å²) in [5.74, 6) is 0.0735. The van der Waals surface area contributed by atoms with Gasteiger partial charge in [0.05, 0.1) is 5.69 Å². The summed E-state index contributed by atoms with van der Waals surface area (Å²) in [6.45, 7) is 5.38. The zero-order chi connectivity index (χ0) is 13.3. The van der Waals surface area contributed by atoms with Crippen molar-refractivity contribution in [2.75, 3.05) is 18.0 Å². The molecule has 2 rings (SSSR count). The number of hydrogen-bond acceptors (Lipinski definition) is 3. The van der Waals surface area contributed by atoms with Gasteiger partial charge >= 0.3 is 0 Å². The quantitative estimate of drug-likeness (QED) is 0.875. The van der Waals surface area contributed by atoms with Crippen LogP contribution in [0.3, 0.4) is 0 Å². The van der Waals surface area contributed by atoms with Crippen LogP contribution in [0.25, 0.3) is 0 Å². The van der Waals surface area contributed by atoms with E-state index in [1.165, 1.54) is 0 Å². The van der Waals surface area contributed by atoms with Gasteiger partial charge < -0.3 is 16.0 Å². The van der Waals surface area contributed by atoms with Gasteiger partial charge in [0, 0.05) is 23.6 Å². The first-order valence-corrected chi connectivity index (χ1v) is 6.89. The van der Waals surface area contributed by atoms with Gasteiger partial charge in [-0.25, -0.2) is 0 Å². The molecule has 3 N–H and O–H groups in total. The van der Waals surface area contributed by atoms with Crippen molar-refractivity contribution in [3.8, 4) is 0 Å². The third-order valence-corrected chi connectivity index (χ3v) is 3.94. The van der Waals surface area contributed by atoms with Crippen molar-refractivity contribution in [2.24, 2.45) is 5.73 Å². The van der Waals surface area contributed by atoms with Crippen LogP contribution >= 0.6 is 15.9 Å². The summed E-state index contributed by atoms with van der Waals surface area (Å²) < 4.78 is 0.985. The molecular formula is C13H18BrN3O. The third-order valence-electron chi connectivity index (χ3n) is 3.31. The van der Waals surface area contributed by atoms with E-state index < -0.39 is 0 Å². The van der Waals surface area contributed by atoms with Gasteiger partial charge in [0.2, 0.25) is 5.91 Å². The van der Waals surface area contributed by atoms with Crippen LogP contribution in [-0.4, -0.2) is 25.0 Å². The second-order valence-corrected chi connectivity index (χ2v) is 5.51. The van der Waals surface area contributed by atoms with Crippen LogP contribution in [-0.2, 0) is 4.79 Å². The lowest BCUT2D eigenvalue weighted by Crippen LogP contribution is -2.54. The molecule has 0 aromatic heterocycles. The van der Waals surface area contributed by atoms with E-state index in [1.54, 1.807) is 0 Å². The number of carbonyl (C=O) groups excluding carboxylic acids is 1. The molecule has 2 unspecified atom stereocenters. The molecule has 0 aliphatic carbocycles. The lowest BCUT2D eigenvalue weighted by molar-refractivity contribution is -0.122. The average Bonchev–Trinajstić information content (AvgIpc) is 2.33. The SMILES string of the molecule is CC(N)c1ccc(N2CCNC(=O)C2C)c(Br)c1. The zero-order valence-corrected chi connectivity index (χ0v) is 12.2. The van der Waals surface area contributed by atoms with Crippen LogP contribution in [0, 0.1) is 0 Å². The Labute approximate surface area is 116 Å². The molecule has 1 aliphatic heterocycles. The predicted molar refractivity (Wildman–Crippen MR) is 76.6 cm³/mol. The van der Waals surface area contributed by atoms with Gasteiger partial charge in [-0.3, -0.25) is 4.79 Å². The first-order chi connectivity index (χ1) is 8.50. The van der Waals surface area contributed by atoms with Crippen molar-refractivity contribution >= 4 is 27.5 Å². The number of piperazine rings is 1. The highest BCUT2D eigenvalue weighted by Crippen LogP contribution is 2.30. The van der Waals surface area contributed by atoms with Crippen LogP contribution in [0.2, 0.25) is 0 Å². The molecular weight excluding hydrogens is 294 g/mol. The smallest absolute Gasteiger partial charge is 0.242 e. The van der Waals surface area contributed by atoms with Crippen LogP contribution in [0.15, 0.2) is 22.7 Å². The largest absolute Gasteiger partial charge is 0.357 e. The Morgan fingerprint density at radius 1 is 1.56 bits per heavy atom. The Morgan fingerprint density at radius 3 is 2.89 bits per heavy atom. The predicted octanol–water partition coefficient (Wildman–Crippen LogP) is 1.79. The minimum Gasteiger partial charge on any atom is -0.357 e. The van der Waals surface area contributed by atoms with E-state index in [2.05, 4.69) is 26.1 Å². The molecule has 4 nitrogen and oxygen atoms in total. The molecule has 1 fully saturated rings. The number of carbonyl (C=O) groups is 1.